The fraction of sp³-hybridized carbons (Fsp3) is 0.455. The van der Waals surface area contributed by atoms with Gasteiger partial charge in [-0.25, -0.2) is 10.4 Å². The van der Waals surface area contributed by atoms with E-state index in [9.17, 15) is 9.59 Å². The summed E-state index contributed by atoms with van der Waals surface area (Å²) in [6.07, 6.45) is 5.75. The molecule has 1 aliphatic carbocycles. The summed E-state index contributed by atoms with van der Waals surface area (Å²) in [4.78, 5) is 29.7. The minimum Gasteiger partial charge on any atom is -0.348 e. The van der Waals surface area contributed by atoms with Crippen LogP contribution in [0.5, 0.6) is 0 Å². The van der Waals surface area contributed by atoms with Gasteiger partial charge in [0.2, 0.25) is 0 Å². The zero-order chi connectivity index (χ0) is 21.4. The summed E-state index contributed by atoms with van der Waals surface area (Å²) in [5.41, 5.74) is 9.74. The average molecular weight is 406 g/mol. The highest BCUT2D eigenvalue weighted by molar-refractivity contribution is 5.94. The Hall–Kier alpha value is -3.02. The number of fused-ring (bicyclic) bond motifs is 1. The molecule has 0 spiro atoms. The summed E-state index contributed by atoms with van der Waals surface area (Å²) in [5.74, 6) is -0.00876. The molecule has 1 amide bonds. The summed E-state index contributed by atoms with van der Waals surface area (Å²) in [5, 5.41) is 12.3. The second kappa shape index (κ2) is 8.01. The lowest BCUT2D eigenvalue weighted by Crippen LogP contribution is -2.44. The van der Waals surface area contributed by atoms with Gasteiger partial charge in [0.25, 0.3) is 11.5 Å². The Kier molecular flexibility index (Phi) is 5.41. The molecule has 2 fully saturated rings. The van der Waals surface area contributed by atoms with Gasteiger partial charge in [-0.1, -0.05) is 6.07 Å². The number of hydrogen-bond acceptors (Lipinski definition) is 6. The highest BCUT2D eigenvalue weighted by Crippen LogP contribution is 2.37. The number of nitriles is 1. The van der Waals surface area contributed by atoms with E-state index >= 15 is 0 Å². The van der Waals surface area contributed by atoms with Crippen molar-refractivity contribution in [2.45, 2.75) is 51.2 Å². The van der Waals surface area contributed by atoms with E-state index in [1.807, 2.05) is 26.0 Å². The first-order valence-corrected chi connectivity index (χ1v) is 10.2. The number of carbonyl (C=O) groups excluding carboxylic acids is 1. The number of amides is 1. The molecule has 0 bridgehead atoms. The van der Waals surface area contributed by atoms with E-state index < -0.39 is 0 Å². The van der Waals surface area contributed by atoms with Crippen molar-refractivity contribution in [1.29, 1.82) is 5.26 Å². The minimum absolute atomic E-state index is 0.00325. The number of aryl methyl sites for hydroxylation is 1. The molecule has 1 saturated carbocycles. The smallest absolute Gasteiger partial charge is 0.270 e. The maximum absolute atomic E-state index is 12.9. The van der Waals surface area contributed by atoms with Crippen molar-refractivity contribution >= 4 is 5.91 Å². The van der Waals surface area contributed by atoms with Crippen LogP contribution in [0, 0.1) is 31.1 Å². The van der Waals surface area contributed by atoms with E-state index in [1.165, 1.54) is 6.20 Å². The van der Waals surface area contributed by atoms with Crippen molar-refractivity contribution in [3.63, 3.8) is 0 Å². The SMILES string of the molecule is Cc1c(C#N)cnc(C(=O)NC2CCC3NNC(c4cccn(C)c4=O)C3C2)c1C. The molecule has 4 unspecified atom stereocenters. The van der Waals surface area contributed by atoms with Gasteiger partial charge in [0, 0.05) is 37.1 Å². The quantitative estimate of drug-likeness (QED) is 0.710. The van der Waals surface area contributed by atoms with Crippen LogP contribution in [0.15, 0.2) is 29.3 Å². The summed E-state index contributed by atoms with van der Waals surface area (Å²) < 4.78 is 1.59. The molecule has 2 aliphatic rings. The van der Waals surface area contributed by atoms with Crippen molar-refractivity contribution in [2.24, 2.45) is 13.0 Å². The van der Waals surface area contributed by atoms with Crippen LogP contribution < -0.4 is 21.7 Å². The number of aromatic nitrogens is 2. The van der Waals surface area contributed by atoms with Gasteiger partial charge in [0.1, 0.15) is 11.8 Å². The van der Waals surface area contributed by atoms with Gasteiger partial charge in [-0.2, -0.15) is 5.26 Å². The third kappa shape index (κ3) is 3.51. The standard InChI is InChI=1S/C22H26N6O2/c1-12-13(2)19(24-11-14(12)10-23)21(29)25-15-6-7-18-17(9-15)20(27-26-18)16-5-4-8-28(3)22(16)30/h4-5,8,11,15,17-18,20,26-27H,6-7,9H2,1-3H3,(H,25,29). The van der Waals surface area contributed by atoms with Crippen LogP contribution in [0.1, 0.15) is 58.0 Å². The highest BCUT2D eigenvalue weighted by atomic mass is 16.2. The van der Waals surface area contributed by atoms with Crippen LogP contribution in [-0.4, -0.2) is 27.5 Å². The third-order valence-corrected chi connectivity index (χ3v) is 6.56. The van der Waals surface area contributed by atoms with Crippen molar-refractivity contribution in [3.8, 4) is 6.07 Å². The number of carbonyl (C=O) groups is 1. The molecule has 3 heterocycles. The first-order valence-electron chi connectivity index (χ1n) is 10.2. The number of hydrogen-bond donors (Lipinski definition) is 3. The number of hydrazine groups is 1. The molecule has 156 valence electrons. The molecule has 4 rings (SSSR count). The Labute approximate surface area is 175 Å². The number of nitrogens with zero attached hydrogens (tertiary/aromatic N) is 3. The Morgan fingerprint density at radius 3 is 2.87 bits per heavy atom. The highest BCUT2D eigenvalue weighted by Gasteiger charge is 2.42. The third-order valence-electron chi connectivity index (χ3n) is 6.56. The first kappa shape index (κ1) is 20.3. The van der Waals surface area contributed by atoms with Crippen molar-refractivity contribution in [2.75, 3.05) is 0 Å². The van der Waals surface area contributed by atoms with Crippen molar-refractivity contribution in [3.05, 3.63) is 62.8 Å². The predicted molar refractivity (Wildman–Crippen MR) is 112 cm³/mol. The van der Waals surface area contributed by atoms with Gasteiger partial charge in [0.15, 0.2) is 0 Å². The van der Waals surface area contributed by atoms with Gasteiger partial charge in [-0.05, 0) is 56.2 Å². The van der Waals surface area contributed by atoms with E-state index in [0.29, 0.717) is 11.3 Å². The zero-order valence-electron chi connectivity index (χ0n) is 17.4. The van der Waals surface area contributed by atoms with Crippen LogP contribution in [0.2, 0.25) is 0 Å². The Balaban J connectivity index is 1.51. The lowest BCUT2D eigenvalue weighted by Gasteiger charge is -2.33. The predicted octanol–water partition coefficient (Wildman–Crippen LogP) is 1.39. The summed E-state index contributed by atoms with van der Waals surface area (Å²) >= 11 is 0. The molecule has 3 N–H and O–H groups in total. The van der Waals surface area contributed by atoms with E-state index in [1.54, 1.807) is 17.8 Å². The van der Waals surface area contributed by atoms with Gasteiger partial charge in [-0.3, -0.25) is 15.0 Å². The Bertz CT molecular complexity index is 1090. The van der Waals surface area contributed by atoms with Crippen LogP contribution in [0.3, 0.4) is 0 Å². The lowest BCUT2D eigenvalue weighted by molar-refractivity contribution is 0.0909. The molecule has 8 heteroatoms. The number of rotatable bonds is 3. The minimum atomic E-state index is -0.213. The molecule has 2 aromatic rings. The molecule has 1 saturated heterocycles. The first-order chi connectivity index (χ1) is 14.4. The Morgan fingerprint density at radius 1 is 1.30 bits per heavy atom. The normalized spacial score (nSPS) is 25.4. The van der Waals surface area contributed by atoms with Crippen LogP contribution in [0.25, 0.3) is 0 Å². The maximum atomic E-state index is 12.9. The fourth-order valence-electron chi connectivity index (χ4n) is 4.65. The monoisotopic (exact) mass is 406 g/mol. The summed E-state index contributed by atoms with van der Waals surface area (Å²) in [6.45, 7) is 3.65. The van der Waals surface area contributed by atoms with Crippen molar-refractivity contribution < 1.29 is 4.79 Å². The Morgan fingerprint density at radius 2 is 2.10 bits per heavy atom. The van der Waals surface area contributed by atoms with E-state index in [4.69, 9.17) is 5.26 Å². The van der Waals surface area contributed by atoms with E-state index in [0.717, 1.165) is 36.0 Å². The summed E-state index contributed by atoms with van der Waals surface area (Å²) in [6, 6.07) is 6.05. The van der Waals surface area contributed by atoms with Gasteiger partial charge in [0.05, 0.1) is 11.6 Å². The van der Waals surface area contributed by atoms with Gasteiger partial charge < -0.3 is 9.88 Å². The topological polar surface area (TPSA) is 112 Å². The van der Waals surface area contributed by atoms with Crippen LogP contribution >= 0.6 is 0 Å². The van der Waals surface area contributed by atoms with Gasteiger partial charge >= 0.3 is 0 Å². The molecule has 4 atom stereocenters. The molecule has 0 aromatic carbocycles. The number of pyridine rings is 2. The summed E-state index contributed by atoms with van der Waals surface area (Å²) in [7, 11) is 1.75. The van der Waals surface area contributed by atoms with Gasteiger partial charge in [-0.15, -0.1) is 0 Å². The molecular formula is C22H26N6O2. The average Bonchev–Trinajstić information content (AvgIpc) is 3.15. The largest absolute Gasteiger partial charge is 0.348 e. The molecule has 30 heavy (non-hydrogen) atoms. The lowest BCUT2D eigenvalue weighted by atomic mass is 9.77. The van der Waals surface area contributed by atoms with Crippen molar-refractivity contribution in [1.82, 2.24) is 25.7 Å². The van der Waals surface area contributed by atoms with E-state index in [-0.39, 0.29) is 35.5 Å². The van der Waals surface area contributed by atoms with E-state index in [2.05, 4.69) is 27.2 Å². The molecule has 8 nitrogen and oxygen atoms in total. The number of nitrogens with one attached hydrogen (secondary N) is 3. The second-order valence-corrected chi connectivity index (χ2v) is 8.28. The van der Waals surface area contributed by atoms with Crippen LogP contribution in [0.4, 0.5) is 0 Å². The zero-order valence-corrected chi connectivity index (χ0v) is 17.4. The maximum Gasteiger partial charge on any atom is 0.270 e. The molecular weight excluding hydrogens is 380 g/mol. The van der Waals surface area contributed by atoms with Crippen LogP contribution in [-0.2, 0) is 7.05 Å². The molecule has 0 radical (unpaired) electrons. The molecule has 2 aromatic heterocycles. The second-order valence-electron chi connectivity index (χ2n) is 8.28. The fourth-order valence-corrected chi connectivity index (χ4v) is 4.65. The molecule has 1 aliphatic heterocycles.